The Morgan fingerprint density at radius 3 is 2.02 bits per heavy atom. The SMILES string of the molecule is CCOC(=O)CCCOc1cccc(CCCCCCOc2cc(C(=O)N(Cc3ccccc3)OC(F)F)cc(-c3ccccc3)c2F)c1CCC(=O)OCC. The molecule has 0 aliphatic carbocycles. The average Bonchev–Trinajstić information content (AvgIpc) is 3.19. The molecule has 0 atom stereocenters. The maximum Gasteiger partial charge on any atom is 0.365 e. The molecule has 1 amide bonds. The van der Waals surface area contributed by atoms with Crippen molar-refractivity contribution in [2.24, 2.45) is 0 Å². The van der Waals surface area contributed by atoms with Crippen LogP contribution >= 0.6 is 0 Å². The van der Waals surface area contributed by atoms with Gasteiger partial charge in [0.05, 0.1) is 33.0 Å². The Hall–Kier alpha value is -5.36. The highest BCUT2D eigenvalue weighted by molar-refractivity contribution is 5.95. The molecular weight excluding hydrogens is 727 g/mol. The van der Waals surface area contributed by atoms with Crippen LogP contribution in [0.1, 0.15) is 85.8 Å². The summed E-state index contributed by atoms with van der Waals surface area (Å²) in [6.07, 6.45) is 5.17. The van der Waals surface area contributed by atoms with Gasteiger partial charge in [0.15, 0.2) is 11.6 Å². The van der Waals surface area contributed by atoms with Crippen molar-refractivity contribution in [2.45, 2.75) is 84.8 Å². The molecule has 4 rings (SSSR count). The molecule has 0 aromatic heterocycles. The number of carbonyl (C=O) groups excluding carboxylic acids is 3. The highest BCUT2D eigenvalue weighted by atomic mass is 19.3. The van der Waals surface area contributed by atoms with Crippen molar-refractivity contribution in [1.82, 2.24) is 5.06 Å². The van der Waals surface area contributed by atoms with E-state index >= 15 is 4.39 Å². The van der Waals surface area contributed by atoms with Gasteiger partial charge in [-0.05, 0) is 86.4 Å². The number of benzene rings is 4. The van der Waals surface area contributed by atoms with Gasteiger partial charge in [-0.15, -0.1) is 0 Å². The van der Waals surface area contributed by atoms with E-state index in [0.29, 0.717) is 61.0 Å². The number of unbranched alkanes of at least 4 members (excludes halogenated alkanes) is 3. The van der Waals surface area contributed by atoms with Crippen LogP contribution in [0.3, 0.4) is 0 Å². The zero-order valence-corrected chi connectivity index (χ0v) is 32.0. The monoisotopic (exact) mass is 777 g/mol. The number of aryl methyl sites for hydroxylation is 1. The summed E-state index contributed by atoms with van der Waals surface area (Å²) in [4.78, 5) is 42.1. The molecule has 9 nitrogen and oxygen atoms in total. The second-order valence-corrected chi connectivity index (χ2v) is 12.9. The fourth-order valence-electron chi connectivity index (χ4n) is 6.11. The van der Waals surface area contributed by atoms with Crippen molar-refractivity contribution in [1.29, 1.82) is 0 Å². The van der Waals surface area contributed by atoms with E-state index in [4.69, 9.17) is 18.9 Å². The van der Waals surface area contributed by atoms with Crippen LogP contribution in [-0.2, 0) is 43.3 Å². The number of alkyl halides is 2. The van der Waals surface area contributed by atoms with Gasteiger partial charge in [0.25, 0.3) is 5.91 Å². The van der Waals surface area contributed by atoms with Gasteiger partial charge in [0, 0.05) is 24.0 Å². The van der Waals surface area contributed by atoms with Gasteiger partial charge in [-0.3, -0.25) is 14.4 Å². The molecule has 0 N–H and O–H groups in total. The highest BCUT2D eigenvalue weighted by Gasteiger charge is 2.25. The number of esters is 2. The number of carbonyl (C=O) groups is 3. The fraction of sp³-hybridized carbons (Fsp3) is 0.386. The Bertz CT molecular complexity index is 1820. The summed E-state index contributed by atoms with van der Waals surface area (Å²) in [6.45, 7) is 1.14. The van der Waals surface area contributed by atoms with Crippen molar-refractivity contribution in [3.8, 4) is 22.6 Å². The van der Waals surface area contributed by atoms with Crippen molar-refractivity contribution < 1.29 is 51.3 Å². The number of hydrogen-bond acceptors (Lipinski definition) is 8. The summed E-state index contributed by atoms with van der Waals surface area (Å²) in [5, 5.41) is 0.572. The predicted octanol–water partition coefficient (Wildman–Crippen LogP) is 9.69. The van der Waals surface area contributed by atoms with Gasteiger partial charge in [-0.25, -0.2) is 14.3 Å². The number of hydrogen-bond donors (Lipinski definition) is 0. The van der Waals surface area contributed by atoms with Crippen molar-refractivity contribution in [2.75, 3.05) is 26.4 Å². The molecule has 0 bridgehead atoms. The van der Waals surface area contributed by atoms with E-state index in [9.17, 15) is 23.2 Å². The largest absolute Gasteiger partial charge is 0.493 e. The minimum absolute atomic E-state index is 0.0687. The molecule has 0 saturated heterocycles. The zero-order chi connectivity index (χ0) is 40.1. The van der Waals surface area contributed by atoms with Crippen LogP contribution in [0.4, 0.5) is 13.2 Å². The topological polar surface area (TPSA) is 101 Å². The lowest BCUT2D eigenvalue weighted by Gasteiger charge is -2.22. The first kappa shape index (κ1) is 43.4. The van der Waals surface area contributed by atoms with Crippen LogP contribution in [0.25, 0.3) is 11.1 Å². The van der Waals surface area contributed by atoms with Gasteiger partial charge < -0.3 is 18.9 Å². The summed E-state index contributed by atoms with van der Waals surface area (Å²) in [6, 6.07) is 25.5. The molecule has 300 valence electrons. The predicted molar refractivity (Wildman–Crippen MR) is 206 cm³/mol. The third-order valence-corrected chi connectivity index (χ3v) is 8.77. The number of ether oxygens (including phenoxy) is 4. The number of hydroxylamine groups is 2. The lowest BCUT2D eigenvalue weighted by Crippen LogP contribution is -2.32. The lowest BCUT2D eigenvalue weighted by molar-refractivity contribution is -0.261. The normalized spacial score (nSPS) is 11.0. The van der Waals surface area contributed by atoms with Crippen LogP contribution in [0.5, 0.6) is 11.5 Å². The molecule has 0 aliphatic rings. The smallest absolute Gasteiger partial charge is 0.365 e. The molecule has 0 aliphatic heterocycles. The van der Waals surface area contributed by atoms with E-state index < -0.39 is 18.3 Å². The lowest BCUT2D eigenvalue weighted by atomic mass is 9.96. The summed E-state index contributed by atoms with van der Waals surface area (Å²) in [5.74, 6) is -1.60. The molecule has 4 aromatic rings. The first-order chi connectivity index (χ1) is 27.2. The molecule has 56 heavy (non-hydrogen) atoms. The first-order valence-electron chi connectivity index (χ1n) is 19.1. The van der Waals surface area contributed by atoms with E-state index in [1.807, 2.05) is 18.2 Å². The summed E-state index contributed by atoms with van der Waals surface area (Å²) < 4.78 is 64.9. The number of nitrogens with zero attached hydrogens (tertiary/aromatic N) is 1. The Morgan fingerprint density at radius 2 is 1.32 bits per heavy atom. The first-order valence-corrected chi connectivity index (χ1v) is 19.1. The third-order valence-electron chi connectivity index (χ3n) is 8.77. The van der Waals surface area contributed by atoms with Gasteiger partial charge in [-0.1, -0.05) is 85.6 Å². The van der Waals surface area contributed by atoms with E-state index in [-0.39, 0.29) is 54.8 Å². The van der Waals surface area contributed by atoms with Gasteiger partial charge in [0.2, 0.25) is 0 Å². The maximum absolute atomic E-state index is 15.9. The molecule has 12 heteroatoms. The molecule has 0 unspecified atom stereocenters. The van der Waals surface area contributed by atoms with Crippen molar-refractivity contribution in [3.63, 3.8) is 0 Å². The minimum Gasteiger partial charge on any atom is -0.493 e. The standard InChI is InChI=1S/C44H50F3NO8/c1-3-52-40(49)24-16-28-54-38-23-15-22-33(36(38)25-26-41(50)53-4-2)19-11-5-6-14-27-55-39-30-35(29-37(42(39)45)34-20-12-8-13-21-34)43(51)48(56-44(46)47)31-32-17-9-7-10-18-32/h7-10,12-13,15,17-18,20-23,29-30,44H,3-6,11,14,16,19,24-28,31H2,1-2H3. The second kappa shape index (κ2) is 23.5. The van der Waals surface area contributed by atoms with Gasteiger partial charge in [0.1, 0.15) is 5.75 Å². The molecule has 0 radical (unpaired) electrons. The molecule has 0 saturated carbocycles. The second-order valence-electron chi connectivity index (χ2n) is 12.9. The van der Waals surface area contributed by atoms with Crippen LogP contribution < -0.4 is 9.47 Å². The molecule has 0 fully saturated rings. The van der Waals surface area contributed by atoms with E-state index in [2.05, 4.69) is 4.84 Å². The van der Waals surface area contributed by atoms with Gasteiger partial charge >= 0.3 is 18.6 Å². The summed E-state index contributed by atoms with van der Waals surface area (Å²) in [7, 11) is 0. The van der Waals surface area contributed by atoms with E-state index in [0.717, 1.165) is 36.8 Å². The van der Waals surface area contributed by atoms with E-state index in [1.165, 1.54) is 12.1 Å². The number of amides is 1. The fourth-order valence-corrected chi connectivity index (χ4v) is 6.11. The third kappa shape index (κ3) is 14.1. The molecule has 0 heterocycles. The average molecular weight is 778 g/mol. The quantitative estimate of drug-likeness (QED) is 0.0394. The minimum atomic E-state index is -3.25. The summed E-state index contributed by atoms with van der Waals surface area (Å²) >= 11 is 0. The Kier molecular flexibility index (Phi) is 18.2. The summed E-state index contributed by atoms with van der Waals surface area (Å²) in [5.41, 5.74) is 3.07. The van der Waals surface area contributed by atoms with Crippen molar-refractivity contribution >= 4 is 17.8 Å². The van der Waals surface area contributed by atoms with Crippen LogP contribution in [0.2, 0.25) is 0 Å². The Morgan fingerprint density at radius 1 is 0.679 bits per heavy atom. The number of rotatable bonds is 24. The molecule has 4 aromatic carbocycles. The number of halogens is 3. The zero-order valence-electron chi connectivity index (χ0n) is 32.0. The molecule has 0 spiro atoms. The van der Waals surface area contributed by atoms with Crippen LogP contribution in [0, 0.1) is 5.82 Å². The molecular formula is C44H50F3NO8. The van der Waals surface area contributed by atoms with E-state index in [1.54, 1.807) is 74.5 Å². The highest BCUT2D eigenvalue weighted by Crippen LogP contribution is 2.33. The van der Waals surface area contributed by atoms with Crippen LogP contribution in [-0.4, -0.2) is 55.9 Å². The van der Waals surface area contributed by atoms with Crippen molar-refractivity contribution in [3.05, 3.63) is 119 Å². The maximum atomic E-state index is 15.9. The van der Waals surface area contributed by atoms with Gasteiger partial charge in [-0.2, -0.15) is 8.78 Å². The van der Waals surface area contributed by atoms with Crippen LogP contribution in [0.15, 0.2) is 91.0 Å². The Balaban J connectivity index is 1.39. The Labute approximate surface area is 326 Å².